The molecule has 0 aliphatic heterocycles. The van der Waals surface area contributed by atoms with Gasteiger partial charge in [0, 0.05) is 0 Å². The van der Waals surface area contributed by atoms with Crippen LogP contribution in [0.4, 0.5) is 10.1 Å². The molecule has 0 unspecified atom stereocenters. The number of sulfonamides is 1. The molecule has 9 nitrogen and oxygen atoms in total. The lowest BCUT2D eigenvalue weighted by Crippen LogP contribution is -2.18. The van der Waals surface area contributed by atoms with Crippen LogP contribution in [0.1, 0.15) is 10.4 Å². The van der Waals surface area contributed by atoms with Gasteiger partial charge < -0.3 is 4.74 Å². The van der Waals surface area contributed by atoms with Gasteiger partial charge in [-0.2, -0.15) is 13.4 Å². The Morgan fingerprint density at radius 3 is 2.73 bits per heavy atom. The number of nitrogens with zero attached hydrogens (tertiary/aromatic N) is 4. The molecule has 3 aromatic rings. The van der Waals surface area contributed by atoms with E-state index in [1.165, 1.54) is 22.8 Å². The molecule has 2 heterocycles. The third-order valence-electron chi connectivity index (χ3n) is 3.15. The molecule has 0 fully saturated rings. The van der Waals surface area contributed by atoms with Crippen molar-refractivity contribution in [1.29, 1.82) is 0 Å². The molecule has 136 valence electrons. The van der Waals surface area contributed by atoms with Gasteiger partial charge in [-0.05, 0) is 44.0 Å². The van der Waals surface area contributed by atoms with Crippen molar-refractivity contribution < 1.29 is 22.3 Å². The number of rotatable bonds is 4. The second kappa shape index (κ2) is 6.89. The van der Waals surface area contributed by atoms with Crippen LogP contribution in [-0.4, -0.2) is 41.1 Å². The van der Waals surface area contributed by atoms with E-state index in [1.807, 2.05) is 4.72 Å². The van der Waals surface area contributed by atoms with Gasteiger partial charge in [0.1, 0.15) is 10.4 Å². The number of aromatic nitrogens is 4. The van der Waals surface area contributed by atoms with Crippen LogP contribution in [0.15, 0.2) is 38.8 Å². The van der Waals surface area contributed by atoms with E-state index in [9.17, 15) is 17.6 Å². The minimum absolute atomic E-state index is 0.126. The monoisotopic (exact) mass is 507 g/mol. The number of carbonyl (C=O) groups is 1. The average Bonchev–Trinajstić information content (AvgIpc) is 3.07. The fraction of sp³-hybridized carbons (Fsp3) is 0.0769. The molecule has 0 aliphatic carbocycles. The summed E-state index contributed by atoms with van der Waals surface area (Å²) in [7, 11) is -3.31. The summed E-state index contributed by atoms with van der Waals surface area (Å²) in [6, 6.07) is 3.47. The number of fused-ring (bicyclic) bond motifs is 1. The molecule has 13 heteroatoms. The van der Waals surface area contributed by atoms with Crippen LogP contribution in [0.5, 0.6) is 0 Å². The van der Waals surface area contributed by atoms with Gasteiger partial charge in [-0.1, -0.05) is 6.07 Å². The minimum atomic E-state index is -4.41. The number of carbonyl (C=O) groups excluding carboxylic acids is 1. The molecule has 0 amide bonds. The maximum absolute atomic E-state index is 14.1. The van der Waals surface area contributed by atoms with E-state index in [0.717, 1.165) is 13.2 Å². The summed E-state index contributed by atoms with van der Waals surface area (Å²) in [5, 5.41) is 3.23. The molecule has 0 aliphatic rings. The normalized spacial score (nSPS) is 11.5. The van der Waals surface area contributed by atoms with Crippen molar-refractivity contribution in [2.75, 3.05) is 11.8 Å². The van der Waals surface area contributed by atoms with Crippen LogP contribution >= 0.6 is 31.9 Å². The molecular weight excluding hydrogens is 501 g/mol. The quantitative estimate of drug-likeness (QED) is 0.538. The largest absolute Gasteiger partial charge is 0.465 e. The van der Waals surface area contributed by atoms with Gasteiger partial charge in [-0.3, -0.25) is 4.72 Å². The Hall–Kier alpha value is -2.12. The van der Waals surface area contributed by atoms with E-state index < -0.39 is 32.7 Å². The van der Waals surface area contributed by atoms with Crippen LogP contribution in [0, 0.1) is 5.82 Å². The van der Waals surface area contributed by atoms with Crippen LogP contribution in [-0.2, 0) is 14.8 Å². The van der Waals surface area contributed by atoms with Crippen molar-refractivity contribution >= 4 is 59.2 Å². The summed E-state index contributed by atoms with van der Waals surface area (Å²) < 4.78 is 47.6. The molecule has 1 N–H and O–H groups in total. The summed E-state index contributed by atoms with van der Waals surface area (Å²) in [5.41, 5.74) is -0.722. The second-order valence-electron chi connectivity index (χ2n) is 4.76. The first-order valence-corrected chi connectivity index (χ1v) is 9.78. The molecule has 0 saturated carbocycles. The highest BCUT2D eigenvalue weighted by Gasteiger charge is 2.26. The van der Waals surface area contributed by atoms with Gasteiger partial charge in [0.2, 0.25) is 0 Å². The Balaban J connectivity index is 2.10. The third kappa shape index (κ3) is 3.29. The summed E-state index contributed by atoms with van der Waals surface area (Å²) in [5.74, 6) is -1.86. The van der Waals surface area contributed by atoms with Crippen molar-refractivity contribution in [3.05, 3.63) is 45.0 Å². The van der Waals surface area contributed by atoms with Gasteiger partial charge in [0.05, 0.1) is 24.6 Å². The van der Waals surface area contributed by atoms with Crippen molar-refractivity contribution in [3.63, 3.8) is 0 Å². The number of esters is 1. The van der Waals surface area contributed by atoms with Gasteiger partial charge in [0.15, 0.2) is 10.3 Å². The van der Waals surface area contributed by atoms with E-state index in [-0.39, 0.29) is 15.8 Å². The molecule has 2 aromatic heterocycles. The Morgan fingerprint density at radius 2 is 2.08 bits per heavy atom. The highest BCUT2D eigenvalue weighted by Crippen LogP contribution is 2.25. The molecule has 0 bridgehead atoms. The second-order valence-corrected chi connectivity index (χ2v) is 7.90. The number of methoxy groups -OCH3 is 1. The molecule has 0 spiro atoms. The van der Waals surface area contributed by atoms with Crippen molar-refractivity contribution in [2.45, 2.75) is 5.16 Å². The topological polar surface area (TPSA) is 116 Å². The van der Waals surface area contributed by atoms with Crippen molar-refractivity contribution in [3.8, 4) is 0 Å². The van der Waals surface area contributed by atoms with E-state index >= 15 is 0 Å². The average molecular weight is 509 g/mol. The number of ether oxygens (including phenoxy) is 1. The summed E-state index contributed by atoms with van der Waals surface area (Å²) in [4.78, 5) is 19.6. The lowest BCUT2D eigenvalue weighted by Gasteiger charge is -2.10. The number of hydrogen-bond donors (Lipinski definition) is 1. The van der Waals surface area contributed by atoms with E-state index in [4.69, 9.17) is 0 Å². The zero-order valence-corrected chi connectivity index (χ0v) is 16.8. The molecule has 3 rings (SSSR count). The number of anilines is 1. The van der Waals surface area contributed by atoms with E-state index in [1.54, 1.807) is 0 Å². The molecule has 26 heavy (non-hydrogen) atoms. The Kier molecular flexibility index (Phi) is 4.94. The Morgan fingerprint density at radius 1 is 1.35 bits per heavy atom. The summed E-state index contributed by atoms with van der Waals surface area (Å²) in [6.45, 7) is 0. The van der Waals surface area contributed by atoms with Crippen LogP contribution in [0.2, 0.25) is 0 Å². The number of nitrogens with one attached hydrogen (secondary N) is 1. The third-order valence-corrected chi connectivity index (χ3v) is 5.38. The van der Waals surface area contributed by atoms with Gasteiger partial charge in [-0.25, -0.2) is 18.7 Å². The predicted molar refractivity (Wildman–Crippen MR) is 94.7 cm³/mol. The molecule has 0 saturated heterocycles. The first-order valence-electron chi connectivity index (χ1n) is 6.71. The summed E-state index contributed by atoms with van der Waals surface area (Å²) >= 11 is 6.31. The van der Waals surface area contributed by atoms with Crippen molar-refractivity contribution in [1.82, 2.24) is 19.6 Å². The predicted octanol–water partition coefficient (Wildman–Crippen LogP) is 2.38. The first-order chi connectivity index (χ1) is 12.2. The van der Waals surface area contributed by atoms with Gasteiger partial charge in [-0.15, -0.1) is 5.10 Å². The van der Waals surface area contributed by atoms with Crippen molar-refractivity contribution in [2.24, 2.45) is 0 Å². The zero-order chi connectivity index (χ0) is 19.1. The molecule has 0 atom stereocenters. The maximum Gasteiger partial charge on any atom is 0.340 e. The van der Waals surface area contributed by atoms with E-state index in [0.29, 0.717) is 4.60 Å². The summed E-state index contributed by atoms with van der Waals surface area (Å²) in [6.07, 6.45) is 1.39. The smallest absolute Gasteiger partial charge is 0.340 e. The lowest BCUT2D eigenvalue weighted by atomic mass is 10.2. The Labute approximate surface area is 162 Å². The zero-order valence-electron chi connectivity index (χ0n) is 12.8. The fourth-order valence-electron chi connectivity index (χ4n) is 2.00. The van der Waals surface area contributed by atoms with E-state index in [2.05, 4.69) is 51.7 Å². The fourth-order valence-corrected chi connectivity index (χ4v) is 3.67. The SMILES string of the molecule is COC(=O)c1cccc(F)c1NS(=O)(=O)c1nc2c(Br)ncc(Br)n2n1. The lowest BCUT2D eigenvalue weighted by molar-refractivity contribution is 0.0601. The van der Waals surface area contributed by atoms with Gasteiger partial charge in [0.25, 0.3) is 15.2 Å². The standard InChI is InChI=1S/C13H8Br2FN5O4S/c1-25-12(22)6-3-2-4-7(16)9(6)20-26(23,24)13-18-11-10(15)17-5-8(14)21(11)19-13/h2-5,20H,1H3. The highest BCUT2D eigenvalue weighted by molar-refractivity contribution is 9.11. The number of para-hydroxylation sites is 1. The number of benzene rings is 1. The van der Waals surface area contributed by atoms with Crippen LogP contribution in [0.3, 0.4) is 0 Å². The highest BCUT2D eigenvalue weighted by atomic mass is 79.9. The number of hydrogen-bond acceptors (Lipinski definition) is 7. The molecular formula is C13H8Br2FN5O4S. The van der Waals surface area contributed by atoms with Crippen LogP contribution in [0.25, 0.3) is 5.65 Å². The Bertz CT molecular complexity index is 1100. The molecule has 1 aromatic carbocycles. The molecule has 0 radical (unpaired) electrons. The van der Waals surface area contributed by atoms with Crippen LogP contribution < -0.4 is 4.72 Å². The maximum atomic E-state index is 14.1. The van der Waals surface area contributed by atoms with Gasteiger partial charge >= 0.3 is 5.97 Å². The first kappa shape index (κ1) is 18.7. The number of halogens is 3. The minimum Gasteiger partial charge on any atom is -0.465 e.